The lowest BCUT2D eigenvalue weighted by molar-refractivity contribution is -0.117. The number of amides is 1. The fraction of sp³-hybridized carbons (Fsp3) is 0.571. The first-order valence-electron chi connectivity index (χ1n) is 6.86. The summed E-state index contributed by atoms with van der Waals surface area (Å²) in [5, 5.41) is 6.61. The van der Waals surface area contributed by atoms with Crippen LogP contribution in [0.15, 0.2) is 0 Å². The number of hydrogen-bond acceptors (Lipinski definition) is 5. The van der Waals surface area contributed by atoms with Gasteiger partial charge in [-0.05, 0) is 45.7 Å². The topological polar surface area (TPSA) is 67.4 Å². The van der Waals surface area contributed by atoms with Crippen LogP contribution in [0.4, 0.5) is 5.00 Å². The van der Waals surface area contributed by atoms with Gasteiger partial charge in [-0.15, -0.1) is 11.3 Å². The Morgan fingerprint density at radius 2 is 2.20 bits per heavy atom. The Morgan fingerprint density at radius 3 is 2.80 bits per heavy atom. The normalized spacial score (nSPS) is 18.1. The van der Waals surface area contributed by atoms with Crippen molar-refractivity contribution in [3.63, 3.8) is 0 Å². The van der Waals surface area contributed by atoms with Gasteiger partial charge in [-0.1, -0.05) is 0 Å². The van der Waals surface area contributed by atoms with Gasteiger partial charge in [0.1, 0.15) is 5.00 Å². The van der Waals surface area contributed by atoms with Gasteiger partial charge in [-0.2, -0.15) is 0 Å². The van der Waals surface area contributed by atoms with Crippen molar-refractivity contribution in [1.29, 1.82) is 0 Å². The third kappa shape index (κ3) is 3.02. The lowest BCUT2D eigenvalue weighted by atomic mass is 10.1. The van der Waals surface area contributed by atoms with E-state index in [9.17, 15) is 9.59 Å². The average molecular weight is 296 g/mol. The van der Waals surface area contributed by atoms with Crippen LogP contribution in [0, 0.1) is 13.8 Å². The Bertz CT molecular complexity index is 519. The van der Waals surface area contributed by atoms with Crippen molar-refractivity contribution < 1.29 is 14.3 Å². The molecule has 1 fully saturated rings. The highest BCUT2D eigenvalue weighted by Gasteiger charge is 2.26. The fourth-order valence-corrected chi connectivity index (χ4v) is 3.32. The third-order valence-electron chi connectivity index (χ3n) is 3.48. The number of carbonyl (C=O) groups excluding carboxylic acids is 2. The second-order valence-electron chi connectivity index (χ2n) is 4.85. The maximum absolute atomic E-state index is 12.1. The van der Waals surface area contributed by atoms with E-state index >= 15 is 0 Å². The number of thiophene rings is 1. The number of carbonyl (C=O) groups is 2. The Kier molecular flexibility index (Phi) is 4.77. The molecule has 1 aliphatic heterocycles. The molecule has 0 aromatic carbocycles. The summed E-state index contributed by atoms with van der Waals surface area (Å²) < 4.78 is 5.07. The van der Waals surface area contributed by atoms with E-state index in [0.717, 1.165) is 29.8 Å². The molecule has 20 heavy (non-hydrogen) atoms. The zero-order valence-electron chi connectivity index (χ0n) is 12.0. The Labute approximate surface area is 122 Å². The fourth-order valence-electron chi connectivity index (χ4n) is 2.27. The van der Waals surface area contributed by atoms with E-state index in [1.54, 1.807) is 6.92 Å². The van der Waals surface area contributed by atoms with Crippen molar-refractivity contribution in [1.82, 2.24) is 5.32 Å². The van der Waals surface area contributed by atoms with E-state index in [2.05, 4.69) is 10.6 Å². The molecular weight excluding hydrogens is 276 g/mol. The van der Waals surface area contributed by atoms with Crippen LogP contribution < -0.4 is 10.6 Å². The summed E-state index contributed by atoms with van der Waals surface area (Å²) >= 11 is 1.42. The SMILES string of the molecule is CCOC(=O)c1c(NC(=O)[C@H]2CCCN2)sc(C)c1C. The summed E-state index contributed by atoms with van der Waals surface area (Å²) in [7, 11) is 0. The molecule has 0 unspecified atom stereocenters. The number of ether oxygens (including phenoxy) is 1. The first kappa shape index (κ1) is 15.0. The summed E-state index contributed by atoms with van der Waals surface area (Å²) in [6.07, 6.45) is 1.84. The van der Waals surface area contributed by atoms with Gasteiger partial charge in [0.15, 0.2) is 0 Å². The van der Waals surface area contributed by atoms with Crippen LogP contribution in [-0.4, -0.2) is 31.1 Å². The zero-order chi connectivity index (χ0) is 14.7. The summed E-state index contributed by atoms with van der Waals surface area (Å²) in [4.78, 5) is 25.2. The molecule has 2 rings (SSSR count). The lowest BCUT2D eigenvalue weighted by Gasteiger charge is -2.11. The molecule has 0 aliphatic carbocycles. The average Bonchev–Trinajstić information content (AvgIpc) is 3.00. The molecule has 1 aromatic rings. The standard InChI is InChI=1S/C14H20N2O3S/c1-4-19-14(18)11-8(2)9(3)20-13(11)16-12(17)10-6-5-7-15-10/h10,15H,4-7H2,1-3H3,(H,16,17)/t10-/m1/s1. The van der Waals surface area contributed by atoms with Crippen molar-refractivity contribution in [3.05, 3.63) is 16.0 Å². The molecule has 6 heteroatoms. The van der Waals surface area contributed by atoms with Gasteiger partial charge in [0, 0.05) is 4.88 Å². The van der Waals surface area contributed by atoms with Gasteiger partial charge >= 0.3 is 5.97 Å². The number of esters is 1. The molecule has 2 N–H and O–H groups in total. The Balaban J connectivity index is 2.20. The lowest BCUT2D eigenvalue weighted by Crippen LogP contribution is -2.35. The highest BCUT2D eigenvalue weighted by Crippen LogP contribution is 2.33. The van der Waals surface area contributed by atoms with Crippen LogP contribution >= 0.6 is 11.3 Å². The van der Waals surface area contributed by atoms with Crippen molar-refractivity contribution in [3.8, 4) is 0 Å². The molecule has 0 saturated carbocycles. The monoisotopic (exact) mass is 296 g/mol. The zero-order valence-corrected chi connectivity index (χ0v) is 12.9. The van der Waals surface area contributed by atoms with Crippen LogP contribution in [0.1, 0.15) is 40.6 Å². The van der Waals surface area contributed by atoms with Crippen molar-refractivity contribution in [2.75, 3.05) is 18.5 Å². The van der Waals surface area contributed by atoms with Gasteiger partial charge in [-0.3, -0.25) is 4.79 Å². The smallest absolute Gasteiger partial charge is 0.341 e. The summed E-state index contributed by atoms with van der Waals surface area (Å²) in [5.74, 6) is -0.446. The van der Waals surface area contributed by atoms with E-state index < -0.39 is 0 Å². The van der Waals surface area contributed by atoms with Gasteiger partial charge in [0.25, 0.3) is 0 Å². The second kappa shape index (κ2) is 6.37. The summed E-state index contributed by atoms with van der Waals surface area (Å²) in [6.45, 7) is 6.77. The third-order valence-corrected chi connectivity index (χ3v) is 4.60. The minimum Gasteiger partial charge on any atom is -0.462 e. The molecule has 2 heterocycles. The molecule has 0 spiro atoms. The van der Waals surface area contributed by atoms with E-state index in [4.69, 9.17) is 4.74 Å². The number of rotatable bonds is 4. The van der Waals surface area contributed by atoms with Crippen LogP contribution in [0.3, 0.4) is 0 Å². The molecular formula is C14H20N2O3S. The van der Waals surface area contributed by atoms with Gasteiger partial charge in [0.05, 0.1) is 18.2 Å². The number of nitrogens with one attached hydrogen (secondary N) is 2. The highest BCUT2D eigenvalue weighted by molar-refractivity contribution is 7.16. The maximum Gasteiger partial charge on any atom is 0.341 e. The minimum atomic E-state index is -0.371. The predicted octanol–water partition coefficient (Wildman–Crippen LogP) is 2.23. The molecule has 1 aliphatic rings. The quantitative estimate of drug-likeness (QED) is 0.836. The van der Waals surface area contributed by atoms with Crippen LogP contribution in [0.5, 0.6) is 0 Å². The predicted molar refractivity (Wildman–Crippen MR) is 79.4 cm³/mol. The largest absolute Gasteiger partial charge is 0.462 e. The molecule has 0 radical (unpaired) electrons. The maximum atomic E-state index is 12.1. The molecule has 1 amide bonds. The molecule has 5 nitrogen and oxygen atoms in total. The van der Waals surface area contributed by atoms with Gasteiger partial charge < -0.3 is 15.4 Å². The van der Waals surface area contributed by atoms with Crippen molar-refractivity contribution >= 4 is 28.2 Å². The van der Waals surface area contributed by atoms with Crippen LogP contribution in [0.2, 0.25) is 0 Å². The Morgan fingerprint density at radius 1 is 1.45 bits per heavy atom. The summed E-state index contributed by atoms with van der Waals surface area (Å²) in [5.41, 5.74) is 1.36. The van der Waals surface area contributed by atoms with E-state index in [-0.39, 0.29) is 17.9 Å². The number of anilines is 1. The molecule has 1 atom stereocenters. The van der Waals surface area contributed by atoms with Crippen molar-refractivity contribution in [2.45, 2.75) is 39.7 Å². The second-order valence-corrected chi connectivity index (χ2v) is 6.07. The Hall–Kier alpha value is -1.40. The van der Waals surface area contributed by atoms with Gasteiger partial charge in [0.2, 0.25) is 5.91 Å². The number of aryl methyl sites for hydroxylation is 1. The van der Waals surface area contributed by atoms with Crippen LogP contribution in [0.25, 0.3) is 0 Å². The van der Waals surface area contributed by atoms with E-state index in [1.807, 2.05) is 13.8 Å². The van der Waals surface area contributed by atoms with Gasteiger partial charge in [-0.25, -0.2) is 4.79 Å². The molecule has 0 bridgehead atoms. The van der Waals surface area contributed by atoms with Crippen molar-refractivity contribution in [2.24, 2.45) is 0 Å². The first-order valence-corrected chi connectivity index (χ1v) is 7.67. The molecule has 1 saturated heterocycles. The van der Waals surface area contributed by atoms with Crippen LogP contribution in [-0.2, 0) is 9.53 Å². The van der Waals surface area contributed by atoms with E-state index in [0.29, 0.717) is 17.2 Å². The highest BCUT2D eigenvalue weighted by atomic mass is 32.1. The minimum absolute atomic E-state index is 0.0747. The number of hydrogen-bond donors (Lipinski definition) is 2. The molecule has 110 valence electrons. The first-order chi connectivity index (χ1) is 9.54. The van der Waals surface area contributed by atoms with E-state index in [1.165, 1.54) is 11.3 Å². The summed E-state index contributed by atoms with van der Waals surface area (Å²) in [6, 6.07) is -0.159. The molecule has 1 aromatic heterocycles.